The first kappa shape index (κ1) is 27.4. The predicted octanol–water partition coefficient (Wildman–Crippen LogP) is -0.187. The van der Waals surface area contributed by atoms with Crippen molar-refractivity contribution in [3.05, 3.63) is 16.6 Å². The van der Waals surface area contributed by atoms with Gasteiger partial charge in [0.25, 0.3) is 5.91 Å². The molecule has 3 amide bonds. The van der Waals surface area contributed by atoms with Crippen molar-refractivity contribution in [3.63, 3.8) is 0 Å². The highest BCUT2D eigenvalue weighted by atomic mass is 32.2. The number of carboxylic acids is 1. The van der Waals surface area contributed by atoms with Crippen molar-refractivity contribution in [1.29, 1.82) is 0 Å². The van der Waals surface area contributed by atoms with Crippen LogP contribution in [0.1, 0.15) is 33.4 Å². The lowest BCUT2D eigenvalue weighted by Gasteiger charge is -2.53. The number of fused-ring (bicyclic) bond motifs is 1. The van der Waals surface area contributed by atoms with Crippen LogP contribution in [-0.4, -0.2) is 92.8 Å². The number of thiazole rings is 1. The molecule has 15 heteroatoms. The number of hydrogen-bond donors (Lipinski definition) is 3. The van der Waals surface area contributed by atoms with Gasteiger partial charge in [0, 0.05) is 31.1 Å². The van der Waals surface area contributed by atoms with E-state index < -0.39 is 52.8 Å². The van der Waals surface area contributed by atoms with Crippen molar-refractivity contribution in [2.24, 2.45) is 10.6 Å². The van der Waals surface area contributed by atoms with Crippen LogP contribution in [0.15, 0.2) is 16.0 Å². The summed E-state index contributed by atoms with van der Waals surface area (Å²) in [5, 5.41) is 19.7. The normalized spacial score (nSPS) is 23.7. The van der Waals surface area contributed by atoms with Gasteiger partial charge in [-0.3, -0.25) is 19.2 Å². The fourth-order valence-electron chi connectivity index (χ4n) is 3.50. The molecule has 2 saturated heterocycles. The van der Waals surface area contributed by atoms with Gasteiger partial charge in [0.1, 0.15) is 28.1 Å². The minimum absolute atomic E-state index is 0.0997. The Hall–Kier alpha value is -3.20. The molecule has 1 aromatic heterocycles. The van der Waals surface area contributed by atoms with Crippen LogP contribution in [0.25, 0.3) is 0 Å². The molecule has 1 aromatic rings. The van der Waals surface area contributed by atoms with Crippen molar-refractivity contribution >= 4 is 58.5 Å². The van der Waals surface area contributed by atoms with Crippen LogP contribution in [0.3, 0.4) is 0 Å². The first-order valence-corrected chi connectivity index (χ1v) is 12.8. The summed E-state index contributed by atoms with van der Waals surface area (Å²) in [4.78, 5) is 71.3. The van der Waals surface area contributed by atoms with E-state index in [4.69, 9.17) is 9.57 Å². The molecule has 36 heavy (non-hydrogen) atoms. The highest BCUT2D eigenvalue weighted by Gasteiger charge is 2.57. The molecule has 0 aliphatic carbocycles. The minimum atomic E-state index is -1.33. The molecule has 0 saturated carbocycles. The van der Waals surface area contributed by atoms with Crippen LogP contribution >= 0.6 is 23.1 Å². The molecule has 0 spiro atoms. The smallest absolute Gasteiger partial charge is 0.347 e. The molecule has 3 atom stereocenters. The Morgan fingerprint density at radius 3 is 2.64 bits per heavy atom. The summed E-state index contributed by atoms with van der Waals surface area (Å²) in [6.07, 6.45) is 0. The Morgan fingerprint density at radius 2 is 2.06 bits per heavy atom. The maximum Gasteiger partial charge on any atom is 0.347 e. The summed E-state index contributed by atoms with van der Waals surface area (Å²) in [7, 11) is 0. The first-order chi connectivity index (χ1) is 16.8. The minimum Gasteiger partial charge on any atom is -0.481 e. The molecular formula is C21H27N5O8S2. The highest BCUT2D eigenvalue weighted by molar-refractivity contribution is 8.00. The van der Waals surface area contributed by atoms with Crippen molar-refractivity contribution < 1.29 is 38.7 Å². The maximum atomic E-state index is 13.0. The lowest BCUT2D eigenvalue weighted by Crippen LogP contribution is -2.74. The lowest BCUT2D eigenvalue weighted by molar-refractivity contribution is -0.160. The molecule has 2 unspecified atom stereocenters. The summed E-state index contributed by atoms with van der Waals surface area (Å²) < 4.78 is 5.13. The van der Waals surface area contributed by atoms with Gasteiger partial charge in [-0.15, -0.1) is 23.1 Å². The first-order valence-electron chi connectivity index (χ1n) is 10.8. The topological polar surface area (TPSA) is 177 Å². The summed E-state index contributed by atoms with van der Waals surface area (Å²) in [6.45, 7) is 5.64. The molecule has 196 valence electrons. The Kier molecular flexibility index (Phi) is 8.23. The molecule has 3 heterocycles. The number of carbonyl (C=O) groups excluding carboxylic acids is 4. The monoisotopic (exact) mass is 541 g/mol. The molecule has 0 radical (unpaired) electrons. The second kappa shape index (κ2) is 10.8. The lowest BCUT2D eigenvalue weighted by atomic mass is 9.87. The molecule has 0 aromatic carbocycles. The van der Waals surface area contributed by atoms with Gasteiger partial charge in [-0.05, 0) is 20.8 Å². The zero-order valence-corrected chi connectivity index (χ0v) is 21.7. The van der Waals surface area contributed by atoms with Crippen LogP contribution in [-0.2, 0) is 33.5 Å². The van der Waals surface area contributed by atoms with Crippen molar-refractivity contribution in [2.75, 3.05) is 25.4 Å². The van der Waals surface area contributed by atoms with Gasteiger partial charge in [-0.2, -0.15) is 0 Å². The number of nitrogens with zero attached hydrogens (tertiary/aromatic N) is 3. The van der Waals surface area contributed by atoms with Gasteiger partial charge >= 0.3 is 11.9 Å². The number of carboxylic acid groups (broad SMARTS) is 1. The standard InChI is InChI=1S/C21H27N5O8S2/c1-11(27)22-7-21(19(31)32)8-26-17(30)15(18(26)36-9-21)24-16(29)14(12-6-35-10-23-12)25-33-5-13(28)34-20(2,3)4/h6,10,15,18H,5,7-9H2,1-4H3,(H,22,27)(H,24,29)(H,31,32)/t15?,18-,21?/m1/s1. The Labute approximate surface area is 215 Å². The molecule has 3 N–H and O–H groups in total. The van der Waals surface area contributed by atoms with E-state index in [0.29, 0.717) is 0 Å². The number of amides is 3. The second-order valence-corrected chi connectivity index (χ2v) is 11.1. The Bertz CT molecular complexity index is 1070. The number of esters is 1. The summed E-state index contributed by atoms with van der Waals surface area (Å²) in [5.74, 6) is -3.23. The van der Waals surface area contributed by atoms with E-state index in [2.05, 4.69) is 20.8 Å². The van der Waals surface area contributed by atoms with Crippen molar-refractivity contribution in [2.45, 2.75) is 44.7 Å². The van der Waals surface area contributed by atoms with E-state index in [1.54, 1.807) is 26.2 Å². The van der Waals surface area contributed by atoms with Gasteiger partial charge in [-0.1, -0.05) is 5.16 Å². The van der Waals surface area contributed by atoms with E-state index >= 15 is 0 Å². The van der Waals surface area contributed by atoms with E-state index in [1.165, 1.54) is 40.4 Å². The zero-order valence-electron chi connectivity index (χ0n) is 20.1. The molecule has 2 fully saturated rings. The van der Waals surface area contributed by atoms with Gasteiger partial charge in [-0.25, -0.2) is 9.78 Å². The van der Waals surface area contributed by atoms with Crippen LogP contribution < -0.4 is 10.6 Å². The van der Waals surface area contributed by atoms with Crippen LogP contribution in [0, 0.1) is 5.41 Å². The van der Waals surface area contributed by atoms with Gasteiger partial charge in [0.15, 0.2) is 5.71 Å². The number of ether oxygens (including phenoxy) is 1. The number of aliphatic carboxylic acids is 1. The van der Waals surface area contributed by atoms with Gasteiger partial charge in [0.05, 0.1) is 5.51 Å². The number of β-lactam (4-membered cyclic amide) rings is 1. The van der Waals surface area contributed by atoms with E-state index in [9.17, 15) is 29.1 Å². The molecule has 0 bridgehead atoms. The number of oxime groups is 1. The highest BCUT2D eigenvalue weighted by Crippen LogP contribution is 2.42. The maximum absolute atomic E-state index is 13.0. The van der Waals surface area contributed by atoms with Gasteiger partial charge in [0.2, 0.25) is 18.4 Å². The Balaban J connectivity index is 1.66. The third kappa shape index (κ3) is 6.32. The average Bonchev–Trinajstić information content (AvgIpc) is 3.31. The number of thioether (sulfide) groups is 1. The van der Waals surface area contributed by atoms with Gasteiger partial charge < -0.3 is 30.2 Å². The molecule has 13 nitrogen and oxygen atoms in total. The fraction of sp³-hybridized carbons (Fsp3) is 0.571. The largest absolute Gasteiger partial charge is 0.481 e. The third-order valence-corrected chi connectivity index (χ3v) is 7.38. The average molecular weight is 542 g/mol. The van der Waals surface area contributed by atoms with Crippen molar-refractivity contribution in [3.8, 4) is 0 Å². The summed E-state index contributed by atoms with van der Waals surface area (Å²) >= 11 is 2.42. The number of rotatable bonds is 9. The number of aromatic nitrogens is 1. The SMILES string of the molecule is CC(=O)NCC1(C(=O)O)CS[C@@H]2C(NC(=O)C(=NOCC(=O)OC(C)(C)C)c3cscn3)C(=O)N2C1. The Morgan fingerprint density at radius 1 is 1.33 bits per heavy atom. The molecule has 2 aliphatic heterocycles. The third-order valence-electron chi connectivity index (χ3n) is 5.21. The molecular weight excluding hydrogens is 514 g/mol. The summed E-state index contributed by atoms with van der Waals surface area (Å²) in [6, 6.07) is -0.912. The van der Waals surface area contributed by atoms with Crippen molar-refractivity contribution in [1.82, 2.24) is 20.5 Å². The van der Waals surface area contributed by atoms with E-state index in [-0.39, 0.29) is 36.2 Å². The summed E-state index contributed by atoms with van der Waals surface area (Å²) in [5.41, 5.74) is -0.590. The van der Waals surface area contributed by atoms with Crippen LogP contribution in [0.5, 0.6) is 0 Å². The molecule has 3 rings (SSSR count). The predicted molar refractivity (Wildman–Crippen MR) is 129 cm³/mol. The zero-order chi connectivity index (χ0) is 26.7. The number of hydrogen-bond acceptors (Lipinski definition) is 11. The van der Waals surface area contributed by atoms with E-state index in [1.807, 2.05) is 0 Å². The van der Waals surface area contributed by atoms with Crippen LogP contribution in [0.4, 0.5) is 0 Å². The quantitative estimate of drug-likeness (QED) is 0.164. The number of nitrogens with one attached hydrogen (secondary N) is 2. The van der Waals surface area contributed by atoms with Crippen LogP contribution in [0.2, 0.25) is 0 Å². The number of carbonyl (C=O) groups is 5. The molecule has 2 aliphatic rings. The fourth-order valence-corrected chi connectivity index (χ4v) is 5.58. The van der Waals surface area contributed by atoms with E-state index in [0.717, 1.165) is 0 Å². The second-order valence-electron chi connectivity index (χ2n) is 9.29.